The molecule has 0 saturated heterocycles. The van der Waals surface area contributed by atoms with Gasteiger partial charge in [0.1, 0.15) is 5.37 Å². The zero-order valence-electron chi connectivity index (χ0n) is 10.4. The molecule has 1 aliphatic rings. The lowest BCUT2D eigenvalue weighted by atomic mass is 10.0. The molecule has 0 fully saturated rings. The van der Waals surface area contributed by atoms with Crippen molar-refractivity contribution in [3.63, 3.8) is 0 Å². The molecule has 0 aliphatic carbocycles. The van der Waals surface area contributed by atoms with Gasteiger partial charge in [0.05, 0.1) is 4.90 Å². The maximum atomic E-state index is 12.5. The van der Waals surface area contributed by atoms with Gasteiger partial charge in [0.25, 0.3) is 0 Å². The Labute approximate surface area is 113 Å². The molecule has 1 atom stereocenters. The molecule has 0 aromatic heterocycles. The van der Waals surface area contributed by atoms with Gasteiger partial charge >= 0.3 is 0 Å². The van der Waals surface area contributed by atoms with E-state index in [0.29, 0.717) is 11.3 Å². The Morgan fingerprint density at radius 1 is 0.947 bits per heavy atom. The average molecular weight is 273 g/mol. The first-order chi connectivity index (χ1) is 9.18. The van der Waals surface area contributed by atoms with E-state index in [1.165, 1.54) is 5.56 Å². The quantitative estimate of drug-likeness (QED) is 0.915. The van der Waals surface area contributed by atoms with Crippen molar-refractivity contribution in [1.29, 1.82) is 0 Å². The molecule has 0 spiro atoms. The van der Waals surface area contributed by atoms with E-state index in [4.69, 9.17) is 0 Å². The molecule has 0 radical (unpaired) electrons. The average Bonchev–Trinajstić information content (AvgIpc) is 2.47. The summed E-state index contributed by atoms with van der Waals surface area (Å²) >= 11 is 0. The van der Waals surface area contributed by atoms with Gasteiger partial charge in [-0.05, 0) is 36.6 Å². The third-order valence-corrected chi connectivity index (χ3v) is 5.49. The highest BCUT2D eigenvalue weighted by Crippen LogP contribution is 2.29. The van der Waals surface area contributed by atoms with Gasteiger partial charge in [-0.1, -0.05) is 36.4 Å². The van der Waals surface area contributed by atoms with Crippen molar-refractivity contribution in [2.45, 2.75) is 23.1 Å². The normalized spacial score (nSPS) is 18.4. The lowest BCUT2D eigenvalue weighted by molar-refractivity contribution is 0.576. The van der Waals surface area contributed by atoms with Gasteiger partial charge in [0, 0.05) is 5.69 Å². The Hall–Kier alpha value is -1.81. The minimum absolute atomic E-state index is 0.381. The van der Waals surface area contributed by atoms with E-state index in [1.807, 2.05) is 30.3 Å². The minimum Gasteiger partial charge on any atom is -0.369 e. The van der Waals surface area contributed by atoms with Crippen LogP contribution >= 0.6 is 0 Å². The molecule has 1 unspecified atom stereocenters. The summed E-state index contributed by atoms with van der Waals surface area (Å²) < 4.78 is 25.1. The van der Waals surface area contributed by atoms with Crippen molar-refractivity contribution < 1.29 is 8.42 Å². The van der Waals surface area contributed by atoms with E-state index in [0.717, 1.165) is 12.1 Å². The van der Waals surface area contributed by atoms with Crippen LogP contribution in [0.2, 0.25) is 0 Å². The van der Waals surface area contributed by atoms with Crippen molar-refractivity contribution in [2.75, 3.05) is 5.32 Å². The number of aryl methyl sites for hydroxylation is 1. The van der Waals surface area contributed by atoms with Gasteiger partial charge in [-0.2, -0.15) is 0 Å². The highest BCUT2D eigenvalue weighted by Gasteiger charge is 2.30. The Balaban J connectivity index is 1.93. The fourth-order valence-corrected chi connectivity index (χ4v) is 3.99. The van der Waals surface area contributed by atoms with Crippen LogP contribution in [0.25, 0.3) is 0 Å². The maximum absolute atomic E-state index is 12.5. The lowest BCUT2D eigenvalue weighted by Crippen LogP contribution is -2.33. The SMILES string of the molecule is O=S(=O)(c1ccccc1)C1CCc2ccccc2N1. The molecule has 3 nitrogen and oxygen atoms in total. The number of nitrogens with one attached hydrogen (secondary N) is 1. The molecule has 1 aliphatic heterocycles. The van der Waals surface area contributed by atoms with E-state index in [-0.39, 0.29) is 0 Å². The number of anilines is 1. The van der Waals surface area contributed by atoms with Gasteiger partial charge in [-0.3, -0.25) is 0 Å². The first-order valence-electron chi connectivity index (χ1n) is 6.31. The van der Waals surface area contributed by atoms with Gasteiger partial charge < -0.3 is 5.32 Å². The second-order valence-corrected chi connectivity index (χ2v) is 6.82. The van der Waals surface area contributed by atoms with Crippen molar-refractivity contribution in [1.82, 2.24) is 0 Å². The molecular weight excluding hydrogens is 258 g/mol. The van der Waals surface area contributed by atoms with E-state index in [2.05, 4.69) is 5.32 Å². The number of para-hydroxylation sites is 1. The molecule has 98 valence electrons. The molecule has 2 aromatic carbocycles. The monoisotopic (exact) mass is 273 g/mol. The Morgan fingerprint density at radius 3 is 2.42 bits per heavy atom. The molecule has 2 aromatic rings. The van der Waals surface area contributed by atoms with Crippen molar-refractivity contribution in [3.05, 3.63) is 60.2 Å². The predicted molar refractivity (Wildman–Crippen MR) is 75.8 cm³/mol. The van der Waals surface area contributed by atoms with Crippen LogP contribution in [0.3, 0.4) is 0 Å². The second-order valence-electron chi connectivity index (χ2n) is 4.69. The zero-order chi connectivity index (χ0) is 13.3. The number of rotatable bonds is 2. The maximum Gasteiger partial charge on any atom is 0.199 e. The first-order valence-corrected chi connectivity index (χ1v) is 7.86. The van der Waals surface area contributed by atoms with E-state index in [9.17, 15) is 8.42 Å². The fraction of sp³-hybridized carbons (Fsp3) is 0.200. The summed E-state index contributed by atoms with van der Waals surface area (Å²) in [5.41, 5.74) is 2.11. The van der Waals surface area contributed by atoms with Crippen molar-refractivity contribution in [2.24, 2.45) is 0 Å². The number of hydrogen-bond donors (Lipinski definition) is 1. The highest BCUT2D eigenvalue weighted by molar-refractivity contribution is 7.92. The topological polar surface area (TPSA) is 46.2 Å². The van der Waals surface area contributed by atoms with Crippen molar-refractivity contribution in [3.8, 4) is 0 Å². The molecule has 19 heavy (non-hydrogen) atoms. The molecular formula is C15H15NO2S. The van der Waals surface area contributed by atoms with Crippen LogP contribution in [0.1, 0.15) is 12.0 Å². The molecule has 3 rings (SSSR count). The summed E-state index contributed by atoms with van der Waals surface area (Å²) in [5.74, 6) is 0. The number of sulfone groups is 1. The zero-order valence-corrected chi connectivity index (χ0v) is 11.2. The van der Waals surface area contributed by atoms with Crippen molar-refractivity contribution >= 4 is 15.5 Å². The van der Waals surface area contributed by atoms with E-state index >= 15 is 0 Å². The lowest BCUT2D eigenvalue weighted by Gasteiger charge is -2.26. The first kappa shape index (κ1) is 12.2. The molecule has 1 N–H and O–H groups in total. The van der Waals surface area contributed by atoms with Gasteiger partial charge in [-0.15, -0.1) is 0 Å². The fourth-order valence-electron chi connectivity index (χ4n) is 2.42. The van der Waals surface area contributed by atoms with Crippen LogP contribution < -0.4 is 5.32 Å². The predicted octanol–water partition coefficient (Wildman–Crippen LogP) is 2.84. The second kappa shape index (κ2) is 4.70. The van der Waals surface area contributed by atoms with Gasteiger partial charge in [-0.25, -0.2) is 8.42 Å². The minimum atomic E-state index is -3.32. The van der Waals surface area contributed by atoms with Gasteiger partial charge in [0.15, 0.2) is 9.84 Å². The van der Waals surface area contributed by atoms with Crippen LogP contribution in [0.4, 0.5) is 5.69 Å². The smallest absolute Gasteiger partial charge is 0.199 e. The summed E-state index contributed by atoms with van der Waals surface area (Å²) in [6, 6.07) is 16.5. The molecule has 1 heterocycles. The summed E-state index contributed by atoms with van der Waals surface area (Å²) in [4.78, 5) is 0.381. The van der Waals surface area contributed by atoms with Crippen LogP contribution in [0.15, 0.2) is 59.5 Å². The summed E-state index contributed by atoms with van der Waals surface area (Å²) in [7, 11) is -3.32. The third-order valence-electron chi connectivity index (χ3n) is 3.46. The van der Waals surface area contributed by atoms with Crippen LogP contribution in [0.5, 0.6) is 0 Å². The Bertz CT molecular complexity index is 680. The Kier molecular flexibility index (Phi) is 3.03. The number of benzene rings is 2. The van der Waals surface area contributed by atoms with E-state index in [1.54, 1.807) is 24.3 Å². The largest absolute Gasteiger partial charge is 0.369 e. The summed E-state index contributed by atoms with van der Waals surface area (Å²) in [6.07, 6.45) is 1.40. The van der Waals surface area contributed by atoms with Crippen LogP contribution in [-0.2, 0) is 16.3 Å². The molecule has 0 bridgehead atoms. The van der Waals surface area contributed by atoms with Crippen LogP contribution in [0, 0.1) is 0 Å². The van der Waals surface area contributed by atoms with Crippen LogP contribution in [-0.4, -0.2) is 13.8 Å². The highest BCUT2D eigenvalue weighted by atomic mass is 32.2. The standard InChI is InChI=1S/C15H15NO2S/c17-19(18,13-7-2-1-3-8-13)15-11-10-12-6-4-5-9-14(12)16-15/h1-9,15-16H,10-11H2. The third kappa shape index (κ3) is 2.24. The van der Waals surface area contributed by atoms with E-state index < -0.39 is 15.2 Å². The Morgan fingerprint density at radius 2 is 1.63 bits per heavy atom. The molecule has 0 amide bonds. The summed E-state index contributed by atoms with van der Waals surface area (Å²) in [6.45, 7) is 0. The summed E-state index contributed by atoms with van der Waals surface area (Å²) in [5, 5.41) is 2.61. The molecule has 0 saturated carbocycles. The molecule has 4 heteroatoms. The van der Waals surface area contributed by atoms with Gasteiger partial charge in [0.2, 0.25) is 0 Å². The number of fused-ring (bicyclic) bond motifs is 1. The number of hydrogen-bond acceptors (Lipinski definition) is 3.